The summed E-state index contributed by atoms with van der Waals surface area (Å²) in [4.78, 5) is 0. The third kappa shape index (κ3) is 2.10. The molecule has 0 saturated carbocycles. The fourth-order valence-electron chi connectivity index (χ4n) is 0.822. The molecule has 9 heavy (non-hydrogen) atoms. The summed E-state index contributed by atoms with van der Waals surface area (Å²) in [5.74, 6) is 0. The summed E-state index contributed by atoms with van der Waals surface area (Å²) in [5, 5.41) is -0.809. The molecule has 4 heteroatoms. The van der Waals surface area contributed by atoms with Crippen molar-refractivity contribution in [3.05, 3.63) is 0 Å². The monoisotopic (exact) mass is 153 g/mol. The van der Waals surface area contributed by atoms with Gasteiger partial charge in [-0.15, -0.1) is 22.2 Å². The molecule has 0 aromatic heterocycles. The zero-order valence-corrected chi connectivity index (χ0v) is 5.87. The lowest BCUT2D eigenvalue weighted by Crippen LogP contribution is -2.33. The topological polar surface area (TPSA) is 3.24 Å². The van der Waals surface area contributed by atoms with Crippen LogP contribution in [0, 0.1) is 0 Å². The summed E-state index contributed by atoms with van der Waals surface area (Å²) in [5.41, 5.74) is 0. The molecular weight excluding hydrogens is 144 g/mol. The smallest absolute Gasteiger partial charge is 0.156 e. The first-order valence-corrected chi connectivity index (χ1v) is 3.37. The fraction of sp³-hybridized carbons (Fsp3) is 1.00. The molecule has 0 spiro atoms. The van der Waals surface area contributed by atoms with E-state index in [1.54, 1.807) is 0 Å². The molecule has 0 bridgehead atoms. The van der Waals surface area contributed by atoms with Crippen LogP contribution < -0.4 is 0 Å². The van der Waals surface area contributed by atoms with E-state index in [-0.39, 0.29) is 25.9 Å². The van der Waals surface area contributed by atoms with Crippen LogP contribution in [0.5, 0.6) is 0 Å². The van der Waals surface area contributed by atoms with E-state index < -0.39 is 5.00 Å². The maximum absolute atomic E-state index is 12.7. The van der Waals surface area contributed by atoms with Crippen molar-refractivity contribution in [3.8, 4) is 0 Å². The Hall–Kier alpha value is 0.170. The van der Waals surface area contributed by atoms with Crippen molar-refractivity contribution in [3.63, 3.8) is 0 Å². The first kappa shape index (κ1) is 7.28. The SMILES string of the molecule is FN1CCC(F)(S)CC1. The van der Waals surface area contributed by atoms with E-state index >= 15 is 0 Å². The fourth-order valence-corrected chi connectivity index (χ4v) is 1.02. The van der Waals surface area contributed by atoms with Crippen LogP contribution in [0.25, 0.3) is 0 Å². The number of rotatable bonds is 0. The highest BCUT2D eigenvalue weighted by molar-refractivity contribution is 7.81. The van der Waals surface area contributed by atoms with Gasteiger partial charge < -0.3 is 0 Å². The number of hydrogen-bond donors (Lipinski definition) is 1. The van der Waals surface area contributed by atoms with Crippen LogP contribution in [0.4, 0.5) is 8.87 Å². The van der Waals surface area contributed by atoms with Crippen LogP contribution in [0.3, 0.4) is 0 Å². The molecule has 1 fully saturated rings. The zero-order chi connectivity index (χ0) is 6.91. The van der Waals surface area contributed by atoms with Gasteiger partial charge in [-0.25, -0.2) is 4.39 Å². The normalized spacial score (nSPS) is 28.3. The van der Waals surface area contributed by atoms with Gasteiger partial charge in [-0.2, -0.15) is 0 Å². The van der Waals surface area contributed by atoms with Crippen LogP contribution >= 0.6 is 12.6 Å². The van der Waals surface area contributed by atoms with Gasteiger partial charge in [0.1, 0.15) is 0 Å². The van der Waals surface area contributed by atoms with Crippen molar-refractivity contribution >= 4 is 12.6 Å². The maximum Gasteiger partial charge on any atom is 0.156 e. The van der Waals surface area contributed by atoms with Gasteiger partial charge >= 0.3 is 0 Å². The van der Waals surface area contributed by atoms with Gasteiger partial charge in [0.2, 0.25) is 0 Å². The molecule has 1 heterocycles. The van der Waals surface area contributed by atoms with Crippen LogP contribution in [-0.2, 0) is 0 Å². The van der Waals surface area contributed by atoms with Gasteiger partial charge in [0.15, 0.2) is 5.00 Å². The molecule has 1 aliphatic rings. The molecule has 0 amide bonds. The summed E-state index contributed by atoms with van der Waals surface area (Å²) in [6.07, 6.45) is 0.374. The minimum Gasteiger partial charge on any atom is -0.232 e. The van der Waals surface area contributed by atoms with E-state index in [0.29, 0.717) is 5.12 Å². The molecule has 0 aromatic rings. The van der Waals surface area contributed by atoms with Crippen LogP contribution in [0.15, 0.2) is 0 Å². The molecule has 0 unspecified atom stereocenters. The van der Waals surface area contributed by atoms with Gasteiger partial charge in [-0.1, -0.05) is 0 Å². The quantitative estimate of drug-likeness (QED) is 0.408. The standard InChI is InChI=1S/C5H9F2NS/c6-5(9)1-3-8(7)4-2-5/h9H,1-4H2. The summed E-state index contributed by atoms with van der Waals surface area (Å²) in [6.45, 7) is 0.333. The lowest BCUT2D eigenvalue weighted by Gasteiger charge is -2.27. The van der Waals surface area contributed by atoms with Gasteiger partial charge in [0.25, 0.3) is 0 Å². The Balaban J connectivity index is 2.35. The highest BCUT2D eigenvalue weighted by atomic mass is 32.1. The molecule has 0 aromatic carbocycles. The third-order valence-electron chi connectivity index (χ3n) is 1.48. The summed E-state index contributed by atoms with van der Waals surface area (Å²) < 4.78 is 24.9. The molecular formula is C5H9F2NS. The molecule has 1 aliphatic heterocycles. The summed E-state index contributed by atoms with van der Waals surface area (Å²) in [7, 11) is 0. The molecule has 1 rings (SSSR count). The predicted octanol–water partition coefficient (Wildman–Crippen LogP) is 1.56. The Kier molecular flexibility index (Phi) is 1.96. The zero-order valence-electron chi connectivity index (χ0n) is 4.98. The second kappa shape index (κ2) is 2.42. The average molecular weight is 153 g/mol. The Bertz CT molecular complexity index is 97.1. The van der Waals surface area contributed by atoms with Crippen LogP contribution in [0.1, 0.15) is 12.8 Å². The molecule has 0 N–H and O–H groups in total. The molecule has 0 aliphatic carbocycles. The summed E-state index contributed by atoms with van der Waals surface area (Å²) in [6, 6.07) is 0. The van der Waals surface area contributed by atoms with Crippen molar-refractivity contribution in [2.45, 2.75) is 17.8 Å². The van der Waals surface area contributed by atoms with E-state index in [2.05, 4.69) is 12.6 Å². The lowest BCUT2D eigenvalue weighted by atomic mass is 10.1. The van der Waals surface area contributed by atoms with Crippen molar-refractivity contribution in [1.29, 1.82) is 0 Å². The van der Waals surface area contributed by atoms with Crippen molar-refractivity contribution in [1.82, 2.24) is 5.12 Å². The number of nitrogens with zero attached hydrogens (tertiary/aromatic N) is 1. The first-order chi connectivity index (χ1) is 4.10. The molecule has 0 atom stereocenters. The summed E-state index contributed by atoms with van der Waals surface area (Å²) >= 11 is 3.70. The Morgan fingerprint density at radius 2 is 1.78 bits per heavy atom. The van der Waals surface area contributed by atoms with Gasteiger partial charge in [0, 0.05) is 25.9 Å². The minimum absolute atomic E-state index is 0.167. The molecule has 0 radical (unpaired) electrons. The van der Waals surface area contributed by atoms with Gasteiger partial charge in [-0.05, 0) is 0 Å². The Morgan fingerprint density at radius 1 is 1.33 bits per heavy atom. The Labute approximate surface area is 58.4 Å². The van der Waals surface area contributed by atoms with E-state index in [0.717, 1.165) is 0 Å². The largest absolute Gasteiger partial charge is 0.232 e. The van der Waals surface area contributed by atoms with Crippen molar-refractivity contribution in [2.75, 3.05) is 13.1 Å². The predicted molar refractivity (Wildman–Crippen MR) is 34.7 cm³/mol. The van der Waals surface area contributed by atoms with Crippen molar-refractivity contribution < 1.29 is 8.87 Å². The molecule has 1 nitrogen and oxygen atoms in total. The van der Waals surface area contributed by atoms with Gasteiger partial charge in [0.05, 0.1) is 0 Å². The third-order valence-corrected chi connectivity index (χ3v) is 1.92. The number of hydrogen-bond acceptors (Lipinski definition) is 2. The van der Waals surface area contributed by atoms with Crippen LogP contribution in [-0.4, -0.2) is 23.2 Å². The first-order valence-electron chi connectivity index (χ1n) is 2.92. The van der Waals surface area contributed by atoms with E-state index in [4.69, 9.17) is 0 Å². The number of piperidine rings is 1. The minimum atomic E-state index is -1.43. The average Bonchev–Trinajstić information content (AvgIpc) is 1.78. The lowest BCUT2D eigenvalue weighted by molar-refractivity contribution is -0.0215. The maximum atomic E-state index is 12.7. The highest BCUT2D eigenvalue weighted by Gasteiger charge is 2.30. The number of halogens is 2. The Morgan fingerprint density at radius 3 is 2.11 bits per heavy atom. The molecule has 54 valence electrons. The van der Waals surface area contributed by atoms with E-state index in [1.807, 2.05) is 0 Å². The second-order valence-corrected chi connectivity index (χ2v) is 3.13. The van der Waals surface area contributed by atoms with Crippen molar-refractivity contribution in [2.24, 2.45) is 0 Å². The highest BCUT2D eigenvalue weighted by Crippen LogP contribution is 2.29. The second-order valence-electron chi connectivity index (χ2n) is 2.33. The van der Waals surface area contributed by atoms with Crippen LogP contribution in [0.2, 0.25) is 0 Å². The molecule has 1 saturated heterocycles. The van der Waals surface area contributed by atoms with Gasteiger partial charge in [-0.3, -0.25) is 0 Å². The van der Waals surface area contributed by atoms with E-state index in [1.165, 1.54) is 0 Å². The number of alkyl halides is 1. The van der Waals surface area contributed by atoms with E-state index in [9.17, 15) is 8.87 Å². The number of thiol groups is 1.